The highest BCUT2D eigenvalue weighted by atomic mass is 16.5. The number of likely N-dealkylation sites (tertiary alicyclic amines) is 1. The second-order valence-electron chi connectivity index (χ2n) is 6.50. The van der Waals surface area contributed by atoms with Gasteiger partial charge in [0.1, 0.15) is 11.9 Å². The predicted octanol–water partition coefficient (Wildman–Crippen LogP) is 3.73. The van der Waals surface area contributed by atoms with Gasteiger partial charge >= 0.3 is 5.97 Å². The van der Waals surface area contributed by atoms with Crippen molar-refractivity contribution in [3.05, 3.63) is 28.8 Å². The Morgan fingerprint density at radius 2 is 1.83 bits per heavy atom. The fraction of sp³-hybridized carbons (Fsp3) is 0.632. The van der Waals surface area contributed by atoms with E-state index in [-0.39, 0.29) is 12.1 Å². The van der Waals surface area contributed by atoms with E-state index in [0.717, 1.165) is 42.9 Å². The smallest absolute Gasteiger partial charge is 0.338 e. The molecule has 128 valence electrons. The van der Waals surface area contributed by atoms with Crippen molar-refractivity contribution in [3.63, 3.8) is 0 Å². The monoisotopic (exact) mass is 319 g/mol. The zero-order valence-electron chi connectivity index (χ0n) is 14.9. The maximum absolute atomic E-state index is 12.5. The third-order valence-electron chi connectivity index (χ3n) is 4.21. The van der Waals surface area contributed by atoms with Crippen LogP contribution in [0.1, 0.15) is 54.6 Å². The second kappa shape index (κ2) is 8.34. The van der Waals surface area contributed by atoms with E-state index >= 15 is 0 Å². The van der Waals surface area contributed by atoms with Gasteiger partial charge in [-0.25, -0.2) is 4.79 Å². The molecule has 0 spiro atoms. The van der Waals surface area contributed by atoms with E-state index in [9.17, 15) is 4.79 Å². The fourth-order valence-corrected chi connectivity index (χ4v) is 3.16. The van der Waals surface area contributed by atoms with Crippen LogP contribution in [0, 0.1) is 13.8 Å². The lowest BCUT2D eigenvalue weighted by Gasteiger charge is -2.21. The van der Waals surface area contributed by atoms with Gasteiger partial charge in [0.2, 0.25) is 0 Å². The molecule has 0 aliphatic carbocycles. The van der Waals surface area contributed by atoms with Gasteiger partial charge < -0.3 is 9.47 Å². The summed E-state index contributed by atoms with van der Waals surface area (Å²) in [6, 6.07) is 3.84. The van der Waals surface area contributed by atoms with Crippen LogP contribution in [-0.4, -0.2) is 43.2 Å². The van der Waals surface area contributed by atoms with Crippen molar-refractivity contribution in [2.24, 2.45) is 0 Å². The molecule has 1 heterocycles. The maximum atomic E-state index is 12.5. The molecule has 1 atom stereocenters. The van der Waals surface area contributed by atoms with Crippen LogP contribution < -0.4 is 4.74 Å². The summed E-state index contributed by atoms with van der Waals surface area (Å²) in [4.78, 5) is 14.9. The highest BCUT2D eigenvalue weighted by molar-refractivity contribution is 5.93. The second-order valence-corrected chi connectivity index (χ2v) is 6.50. The molecule has 1 fully saturated rings. The first-order valence-electron chi connectivity index (χ1n) is 8.68. The molecular weight excluding hydrogens is 290 g/mol. The van der Waals surface area contributed by atoms with Crippen molar-refractivity contribution >= 4 is 5.97 Å². The summed E-state index contributed by atoms with van der Waals surface area (Å²) in [6.45, 7) is 11.7. The summed E-state index contributed by atoms with van der Waals surface area (Å²) in [5.41, 5.74) is 2.49. The summed E-state index contributed by atoms with van der Waals surface area (Å²) in [5, 5.41) is 0. The number of carbonyl (C=O) groups is 1. The molecule has 23 heavy (non-hydrogen) atoms. The molecule has 1 aromatic rings. The lowest BCUT2D eigenvalue weighted by molar-refractivity contribution is 0.0269. The van der Waals surface area contributed by atoms with E-state index in [4.69, 9.17) is 9.47 Å². The Hall–Kier alpha value is -1.55. The van der Waals surface area contributed by atoms with Gasteiger partial charge in [-0.3, -0.25) is 4.90 Å². The SMILES string of the molecule is CCCOc1cc(C)c(C(=O)O[C@@H](C)CN2CCCC2)c(C)c1. The average molecular weight is 319 g/mol. The normalized spacial score (nSPS) is 16.3. The lowest BCUT2D eigenvalue weighted by atomic mass is 10.0. The Bertz CT molecular complexity index is 512. The molecule has 0 N–H and O–H groups in total. The molecule has 1 aromatic carbocycles. The zero-order valence-corrected chi connectivity index (χ0v) is 14.9. The molecule has 1 aliphatic heterocycles. The Morgan fingerprint density at radius 3 is 2.39 bits per heavy atom. The topological polar surface area (TPSA) is 38.8 Å². The van der Waals surface area contributed by atoms with Crippen molar-refractivity contribution in [2.75, 3.05) is 26.2 Å². The molecule has 1 aliphatic rings. The first kappa shape index (κ1) is 17.8. The van der Waals surface area contributed by atoms with Crippen LogP contribution >= 0.6 is 0 Å². The van der Waals surface area contributed by atoms with Crippen LogP contribution in [0.2, 0.25) is 0 Å². The zero-order chi connectivity index (χ0) is 16.8. The molecule has 2 rings (SSSR count). The van der Waals surface area contributed by atoms with E-state index < -0.39 is 0 Å². The molecule has 0 aromatic heterocycles. The minimum atomic E-state index is -0.228. The van der Waals surface area contributed by atoms with Crippen molar-refractivity contribution in [1.82, 2.24) is 4.90 Å². The van der Waals surface area contributed by atoms with Crippen molar-refractivity contribution in [3.8, 4) is 5.75 Å². The fourth-order valence-electron chi connectivity index (χ4n) is 3.16. The van der Waals surface area contributed by atoms with E-state index in [2.05, 4.69) is 11.8 Å². The molecule has 4 heteroatoms. The number of ether oxygens (including phenoxy) is 2. The average Bonchev–Trinajstić information content (AvgIpc) is 2.96. The molecular formula is C19H29NO3. The van der Waals surface area contributed by atoms with Gasteiger partial charge in [0.05, 0.1) is 12.2 Å². The maximum Gasteiger partial charge on any atom is 0.338 e. The predicted molar refractivity (Wildman–Crippen MR) is 92.3 cm³/mol. The number of esters is 1. The minimum absolute atomic E-state index is 0.0876. The Balaban J connectivity index is 2.00. The number of nitrogens with zero attached hydrogens (tertiary/aromatic N) is 1. The van der Waals surface area contributed by atoms with E-state index in [1.165, 1.54) is 12.8 Å². The Morgan fingerprint density at radius 1 is 1.22 bits per heavy atom. The van der Waals surface area contributed by atoms with Gasteiger partial charge in [0, 0.05) is 6.54 Å². The van der Waals surface area contributed by atoms with Crippen LogP contribution in [0.4, 0.5) is 0 Å². The molecule has 1 saturated heterocycles. The van der Waals surface area contributed by atoms with E-state index in [1.54, 1.807) is 0 Å². The summed E-state index contributed by atoms with van der Waals surface area (Å²) in [7, 11) is 0. The summed E-state index contributed by atoms with van der Waals surface area (Å²) < 4.78 is 11.3. The van der Waals surface area contributed by atoms with Crippen molar-refractivity contribution in [2.45, 2.75) is 53.1 Å². The molecule has 0 saturated carbocycles. The standard InChI is InChI=1S/C19H29NO3/c1-5-10-22-17-11-14(2)18(15(3)12-17)19(21)23-16(4)13-20-8-6-7-9-20/h11-12,16H,5-10,13H2,1-4H3/t16-/m0/s1. The summed E-state index contributed by atoms with van der Waals surface area (Å²) >= 11 is 0. The number of rotatable bonds is 7. The van der Waals surface area contributed by atoms with Gasteiger partial charge in [-0.05, 0) is 76.4 Å². The molecule has 0 unspecified atom stereocenters. The van der Waals surface area contributed by atoms with Gasteiger partial charge in [0.15, 0.2) is 0 Å². The first-order valence-corrected chi connectivity index (χ1v) is 8.68. The van der Waals surface area contributed by atoms with Crippen molar-refractivity contribution in [1.29, 1.82) is 0 Å². The highest BCUT2D eigenvalue weighted by Crippen LogP contribution is 2.23. The van der Waals surface area contributed by atoms with Crippen LogP contribution in [0.5, 0.6) is 5.75 Å². The molecule has 4 nitrogen and oxygen atoms in total. The third kappa shape index (κ3) is 4.96. The van der Waals surface area contributed by atoms with Crippen LogP contribution in [0.15, 0.2) is 12.1 Å². The summed E-state index contributed by atoms with van der Waals surface area (Å²) in [6.07, 6.45) is 3.38. The van der Waals surface area contributed by atoms with Gasteiger partial charge in [-0.2, -0.15) is 0 Å². The van der Waals surface area contributed by atoms with Gasteiger partial charge in [-0.1, -0.05) is 6.92 Å². The van der Waals surface area contributed by atoms with Crippen molar-refractivity contribution < 1.29 is 14.3 Å². The largest absolute Gasteiger partial charge is 0.494 e. The minimum Gasteiger partial charge on any atom is -0.494 e. The lowest BCUT2D eigenvalue weighted by Crippen LogP contribution is -2.31. The third-order valence-corrected chi connectivity index (χ3v) is 4.21. The first-order chi connectivity index (χ1) is 11.0. The number of hydrogen-bond donors (Lipinski definition) is 0. The Kier molecular flexibility index (Phi) is 6.46. The molecule has 0 bridgehead atoms. The molecule has 0 amide bonds. The quantitative estimate of drug-likeness (QED) is 0.718. The number of carbonyl (C=O) groups excluding carboxylic acids is 1. The highest BCUT2D eigenvalue weighted by Gasteiger charge is 2.20. The Labute approximate surface area is 139 Å². The van der Waals surface area contributed by atoms with E-state index in [0.29, 0.717) is 12.2 Å². The van der Waals surface area contributed by atoms with E-state index in [1.807, 2.05) is 32.9 Å². The number of benzene rings is 1. The number of aryl methyl sites for hydroxylation is 2. The number of hydrogen-bond acceptors (Lipinski definition) is 4. The van der Waals surface area contributed by atoms with Crippen LogP contribution in [0.25, 0.3) is 0 Å². The van der Waals surface area contributed by atoms with Crippen LogP contribution in [0.3, 0.4) is 0 Å². The van der Waals surface area contributed by atoms with Gasteiger partial charge in [-0.15, -0.1) is 0 Å². The van der Waals surface area contributed by atoms with Gasteiger partial charge in [0.25, 0.3) is 0 Å². The summed E-state index contributed by atoms with van der Waals surface area (Å²) in [5.74, 6) is 0.595. The van der Waals surface area contributed by atoms with Crippen LogP contribution in [-0.2, 0) is 4.74 Å². The molecule has 0 radical (unpaired) electrons.